The smallest absolute Gasteiger partial charge is 0.127 e. The lowest BCUT2D eigenvalue weighted by Crippen LogP contribution is -2.06. The third kappa shape index (κ3) is 2.70. The van der Waals surface area contributed by atoms with Crippen LogP contribution in [0.25, 0.3) is 0 Å². The molecule has 0 radical (unpaired) electrons. The molecule has 2 aromatic carbocycles. The van der Waals surface area contributed by atoms with Crippen molar-refractivity contribution in [1.82, 2.24) is 0 Å². The minimum Gasteiger partial charge on any atom is -0.207 e. The highest BCUT2D eigenvalue weighted by atomic mass is 19.1. The summed E-state index contributed by atoms with van der Waals surface area (Å²) in [4.78, 5) is 0. The van der Waals surface area contributed by atoms with Crippen LogP contribution in [0.2, 0.25) is 0 Å². The van der Waals surface area contributed by atoms with E-state index in [1.807, 2.05) is 12.1 Å². The third-order valence-corrected chi connectivity index (χ3v) is 3.86. The average Bonchev–Trinajstić information content (AvgIpc) is 2.46. The number of hydrogen-bond donors (Lipinski definition) is 0. The molecule has 0 bridgehead atoms. The summed E-state index contributed by atoms with van der Waals surface area (Å²) in [6.07, 6.45) is 1.85. The maximum absolute atomic E-state index is 14.2. The van der Waals surface area contributed by atoms with Crippen LogP contribution < -0.4 is 0 Å². The molecule has 0 fully saturated rings. The van der Waals surface area contributed by atoms with Crippen LogP contribution in [0.4, 0.5) is 4.39 Å². The van der Waals surface area contributed by atoms with Crippen LogP contribution in [0.5, 0.6) is 0 Å². The number of rotatable bonds is 4. The van der Waals surface area contributed by atoms with E-state index in [0.717, 1.165) is 24.0 Å². The SMILES string of the molecule is CCc1ccccc1C(C)c1c(F)cccc1CC. The van der Waals surface area contributed by atoms with Gasteiger partial charge in [0.05, 0.1) is 0 Å². The van der Waals surface area contributed by atoms with E-state index in [4.69, 9.17) is 0 Å². The number of halogens is 1. The molecular weight excluding hydrogens is 235 g/mol. The lowest BCUT2D eigenvalue weighted by atomic mass is 9.85. The molecule has 0 aromatic heterocycles. The Morgan fingerprint density at radius 3 is 2.21 bits per heavy atom. The first-order chi connectivity index (χ1) is 9.19. The molecular formula is C18H21F. The summed E-state index contributed by atoms with van der Waals surface area (Å²) in [5.41, 5.74) is 4.51. The largest absolute Gasteiger partial charge is 0.207 e. The van der Waals surface area contributed by atoms with Crippen molar-refractivity contribution in [1.29, 1.82) is 0 Å². The van der Waals surface area contributed by atoms with E-state index >= 15 is 0 Å². The van der Waals surface area contributed by atoms with Crippen molar-refractivity contribution in [3.63, 3.8) is 0 Å². The zero-order chi connectivity index (χ0) is 13.8. The Morgan fingerprint density at radius 1 is 0.895 bits per heavy atom. The van der Waals surface area contributed by atoms with Crippen molar-refractivity contribution in [2.45, 2.75) is 39.5 Å². The zero-order valence-corrected chi connectivity index (χ0v) is 11.9. The van der Waals surface area contributed by atoms with Crippen LogP contribution in [0, 0.1) is 5.82 Å². The summed E-state index contributed by atoms with van der Waals surface area (Å²) in [6, 6.07) is 13.8. The molecule has 0 aliphatic rings. The topological polar surface area (TPSA) is 0 Å². The molecule has 0 aliphatic heterocycles. The number of aryl methyl sites for hydroxylation is 2. The quantitative estimate of drug-likeness (QED) is 0.713. The van der Waals surface area contributed by atoms with Gasteiger partial charge < -0.3 is 0 Å². The fourth-order valence-electron chi connectivity index (χ4n) is 2.81. The molecule has 0 spiro atoms. The van der Waals surface area contributed by atoms with Crippen molar-refractivity contribution in [3.05, 3.63) is 70.5 Å². The molecule has 0 heterocycles. The molecule has 2 aromatic rings. The molecule has 0 amide bonds. The first-order valence-corrected chi connectivity index (χ1v) is 7.04. The second kappa shape index (κ2) is 6.01. The predicted molar refractivity (Wildman–Crippen MR) is 79.1 cm³/mol. The maximum Gasteiger partial charge on any atom is 0.127 e. The van der Waals surface area contributed by atoms with Crippen molar-refractivity contribution in [3.8, 4) is 0 Å². The van der Waals surface area contributed by atoms with Gasteiger partial charge >= 0.3 is 0 Å². The molecule has 0 nitrogen and oxygen atoms in total. The zero-order valence-electron chi connectivity index (χ0n) is 11.9. The third-order valence-electron chi connectivity index (χ3n) is 3.86. The summed E-state index contributed by atoms with van der Waals surface area (Å²) in [5, 5.41) is 0. The fourth-order valence-corrected chi connectivity index (χ4v) is 2.81. The van der Waals surface area contributed by atoms with Crippen molar-refractivity contribution in [2.75, 3.05) is 0 Å². The van der Waals surface area contributed by atoms with Gasteiger partial charge in [-0.15, -0.1) is 0 Å². The van der Waals surface area contributed by atoms with E-state index in [9.17, 15) is 4.39 Å². The summed E-state index contributed by atoms with van der Waals surface area (Å²) in [5.74, 6) is 0.0186. The maximum atomic E-state index is 14.2. The molecule has 2 rings (SSSR count). The van der Waals surface area contributed by atoms with Crippen LogP contribution in [0.15, 0.2) is 42.5 Å². The molecule has 1 heteroatoms. The molecule has 1 atom stereocenters. The fraction of sp³-hybridized carbons (Fsp3) is 0.333. The molecule has 0 saturated carbocycles. The predicted octanol–water partition coefficient (Wildman–Crippen LogP) is 5.10. The van der Waals surface area contributed by atoms with Gasteiger partial charge in [0.15, 0.2) is 0 Å². The van der Waals surface area contributed by atoms with Gasteiger partial charge in [-0.2, -0.15) is 0 Å². The van der Waals surface area contributed by atoms with Gasteiger partial charge in [-0.25, -0.2) is 4.39 Å². The van der Waals surface area contributed by atoms with Crippen LogP contribution >= 0.6 is 0 Å². The minimum absolute atomic E-state index is 0.0854. The number of benzene rings is 2. The van der Waals surface area contributed by atoms with E-state index < -0.39 is 0 Å². The monoisotopic (exact) mass is 256 g/mol. The van der Waals surface area contributed by atoms with E-state index in [-0.39, 0.29) is 11.7 Å². The van der Waals surface area contributed by atoms with Gasteiger partial charge in [0, 0.05) is 5.92 Å². The van der Waals surface area contributed by atoms with Crippen molar-refractivity contribution < 1.29 is 4.39 Å². The Kier molecular flexibility index (Phi) is 4.36. The van der Waals surface area contributed by atoms with Crippen LogP contribution in [-0.4, -0.2) is 0 Å². The minimum atomic E-state index is -0.0854. The first-order valence-electron chi connectivity index (χ1n) is 7.04. The van der Waals surface area contributed by atoms with E-state index in [2.05, 4.69) is 39.0 Å². The molecule has 0 aliphatic carbocycles. The molecule has 0 N–H and O–H groups in total. The normalized spacial score (nSPS) is 12.4. The van der Waals surface area contributed by atoms with Gasteiger partial charge in [0.1, 0.15) is 5.82 Å². The Balaban J connectivity index is 2.52. The summed E-state index contributed by atoms with van der Waals surface area (Å²) < 4.78 is 14.2. The Labute approximate surface area is 115 Å². The highest BCUT2D eigenvalue weighted by molar-refractivity contribution is 5.41. The van der Waals surface area contributed by atoms with Gasteiger partial charge in [-0.05, 0) is 41.2 Å². The second-order valence-corrected chi connectivity index (χ2v) is 4.94. The van der Waals surface area contributed by atoms with Gasteiger partial charge in [-0.1, -0.05) is 57.2 Å². The summed E-state index contributed by atoms with van der Waals surface area (Å²) >= 11 is 0. The number of hydrogen-bond acceptors (Lipinski definition) is 0. The lowest BCUT2D eigenvalue weighted by molar-refractivity contribution is 0.598. The van der Waals surface area contributed by atoms with Crippen LogP contribution in [-0.2, 0) is 12.8 Å². The van der Waals surface area contributed by atoms with Gasteiger partial charge in [-0.3, -0.25) is 0 Å². The van der Waals surface area contributed by atoms with Gasteiger partial charge in [0.25, 0.3) is 0 Å². The van der Waals surface area contributed by atoms with Crippen LogP contribution in [0.1, 0.15) is 48.9 Å². The summed E-state index contributed by atoms with van der Waals surface area (Å²) in [7, 11) is 0. The lowest BCUT2D eigenvalue weighted by Gasteiger charge is -2.20. The van der Waals surface area contributed by atoms with Gasteiger partial charge in [0.2, 0.25) is 0 Å². The molecule has 100 valence electrons. The molecule has 1 unspecified atom stereocenters. The first kappa shape index (κ1) is 13.8. The van der Waals surface area contributed by atoms with Crippen LogP contribution in [0.3, 0.4) is 0 Å². The highest BCUT2D eigenvalue weighted by Gasteiger charge is 2.18. The van der Waals surface area contributed by atoms with Crippen molar-refractivity contribution in [2.24, 2.45) is 0 Å². The Morgan fingerprint density at radius 2 is 1.53 bits per heavy atom. The van der Waals surface area contributed by atoms with E-state index in [1.165, 1.54) is 11.1 Å². The standard InChI is InChI=1S/C18H21F/c1-4-14-9-6-7-11-16(14)13(3)18-15(5-2)10-8-12-17(18)19/h6-13H,4-5H2,1-3H3. The Bertz CT molecular complexity index is 557. The van der Waals surface area contributed by atoms with Crippen molar-refractivity contribution >= 4 is 0 Å². The highest BCUT2D eigenvalue weighted by Crippen LogP contribution is 2.31. The summed E-state index contributed by atoms with van der Waals surface area (Å²) in [6.45, 7) is 6.33. The Hall–Kier alpha value is -1.63. The van der Waals surface area contributed by atoms with E-state index in [0.29, 0.717) is 0 Å². The van der Waals surface area contributed by atoms with E-state index in [1.54, 1.807) is 12.1 Å². The molecule has 19 heavy (non-hydrogen) atoms. The molecule has 0 saturated heterocycles. The average molecular weight is 256 g/mol. The second-order valence-electron chi connectivity index (χ2n) is 4.94.